The van der Waals surface area contributed by atoms with E-state index in [0.717, 1.165) is 5.56 Å². The van der Waals surface area contributed by atoms with Crippen LogP contribution < -0.4 is 23.7 Å². The zero-order chi connectivity index (χ0) is 21.0. The van der Waals surface area contributed by atoms with Gasteiger partial charge in [-0.2, -0.15) is 0 Å². The number of Topliss-reactive ketones (excluding diaryl/α,β-unsaturated/α-hetero) is 1. The van der Waals surface area contributed by atoms with Crippen LogP contribution in [0, 0.1) is 0 Å². The summed E-state index contributed by atoms with van der Waals surface area (Å²) < 4.78 is 37.5. The topological polar surface area (TPSA) is 85.0 Å². The maximum absolute atomic E-state index is 13.2. The number of rotatable bonds is 10. The first-order chi connectivity index (χ1) is 14.1. The Kier molecular flexibility index (Phi) is 6.46. The van der Waals surface area contributed by atoms with Gasteiger partial charge in [0.15, 0.2) is 24.4 Å². The van der Waals surface area contributed by atoms with E-state index in [1.54, 1.807) is 38.5 Å². The van der Waals surface area contributed by atoms with Gasteiger partial charge in [0.05, 0.1) is 28.4 Å². The summed E-state index contributed by atoms with van der Waals surface area (Å²) in [5.41, 5.74) is 1.09. The van der Waals surface area contributed by atoms with Crippen molar-refractivity contribution in [3.8, 4) is 28.7 Å². The van der Waals surface area contributed by atoms with E-state index in [9.17, 15) is 4.79 Å². The minimum absolute atomic E-state index is 0.0266. The van der Waals surface area contributed by atoms with Crippen LogP contribution >= 0.6 is 0 Å². The van der Waals surface area contributed by atoms with Crippen molar-refractivity contribution in [1.29, 1.82) is 0 Å². The van der Waals surface area contributed by atoms with E-state index in [4.69, 9.17) is 33.2 Å². The van der Waals surface area contributed by atoms with Gasteiger partial charge in [0.25, 0.3) is 0 Å². The summed E-state index contributed by atoms with van der Waals surface area (Å²) in [6.07, 6.45) is -1.07. The van der Waals surface area contributed by atoms with E-state index >= 15 is 0 Å². The van der Waals surface area contributed by atoms with Crippen molar-refractivity contribution in [2.75, 3.05) is 42.3 Å². The number of epoxide rings is 1. The van der Waals surface area contributed by atoms with Gasteiger partial charge in [0, 0.05) is 19.2 Å². The number of carbonyl (C=O) groups excluding carboxylic acids is 1. The zero-order valence-corrected chi connectivity index (χ0v) is 17.0. The number of carbonyl (C=O) groups is 1. The fraction of sp³-hybridized carbons (Fsp3) is 0.381. The molecule has 1 heterocycles. The van der Waals surface area contributed by atoms with Gasteiger partial charge in [-0.25, -0.2) is 0 Å². The van der Waals surface area contributed by atoms with Gasteiger partial charge in [0.1, 0.15) is 28.9 Å². The Morgan fingerprint density at radius 1 is 0.862 bits per heavy atom. The molecule has 1 saturated heterocycles. The van der Waals surface area contributed by atoms with E-state index in [0.29, 0.717) is 28.7 Å². The molecule has 29 heavy (non-hydrogen) atoms. The van der Waals surface area contributed by atoms with Crippen LogP contribution in [-0.4, -0.2) is 54.2 Å². The summed E-state index contributed by atoms with van der Waals surface area (Å²) >= 11 is 0. The third kappa shape index (κ3) is 4.23. The van der Waals surface area contributed by atoms with Crippen molar-refractivity contribution < 1.29 is 38.0 Å². The Labute approximate surface area is 169 Å². The highest BCUT2D eigenvalue weighted by molar-refractivity contribution is 6.06. The SMILES string of the molecule is COCOc1cc(OC)cc(OC)c1C(=O)[C@@H]1O[C@H]1c1ccc(OC)c(OC)c1. The molecule has 2 aromatic carbocycles. The predicted octanol–water partition coefficient (Wildman–Crippen LogP) is 3.03. The standard InChI is InChI=1S/C21H24O8/c1-23-11-28-17-10-13(24-2)9-16(27-5)18(17)19(22)21-20(29-21)12-6-7-14(25-3)15(8-12)26-4/h6-10,20-21H,11H2,1-5H3/t20-,21-/m0/s1. The lowest BCUT2D eigenvalue weighted by Gasteiger charge is -2.15. The van der Waals surface area contributed by atoms with Crippen LogP contribution in [0.25, 0.3) is 0 Å². The lowest BCUT2D eigenvalue weighted by molar-refractivity contribution is 0.0497. The van der Waals surface area contributed by atoms with Crippen molar-refractivity contribution in [2.45, 2.75) is 12.2 Å². The van der Waals surface area contributed by atoms with Gasteiger partial charge >= 0.3 is 0 Å². The third-order valence-electron chi connectivity index (χ3n) is 4.56. The van der Waals surface area contributed by atoms with Crippen LogP contribution in [0.4, 0.5) is 0 Å². The predicted molar refractivity (Wildman–Crippen MR) is 104 cm³/mol. The van der Waals surface area contributed by atoms with Crippen molar-refractivity contribution in [3.63, 3.8) is 0 Å². The highest BCUT2D eigenvalue weighted by Crippen LogP contribution is 2.46. The molecule has 1 aliphatic heterocycles. The normalized spacial score (nSPS) is 17.4. The molecular formula is C21H24O8. The number of methoxy groups -OCH3 is 5. The van der Waals surface area contributed by atoms with Crippen LogP contribution in [0.15, 0.2) is 30.3 Å². The largest absolute Gasteiger partial charge is 0.496 e. The number of ketones is 1. The molecule has 1 aliphatic rings. The number of hydrogen-bond donors (Lipinski definition) is 0. The van der Waals surface area contributed by atoms with Crippen LogP contribution in [-0.2, 0) is 9.47 Å². The molecule has 8 nitrogen and oxygen atoms in total. The molecule has 1 fully saturated rings. The summed E-state index contributed by atoms with van der Waals surface area (Å²) in [6.45, 7) is -0.0266. The monoisotopic (exact) mass is 404 g/mol. The molecule has 0 unspecified atom stereocenters. The van der Waals surface area contributed by atoms with E-state index in [-0.39, 0.29) is 18.1 Å². The summed E-state index contributed by atoms with van der Waals surface area (Å²) in [7, 11) is 7.61. The fourth-order valence-electron chi connectivity index (χ4n) is 3.06. The highest BCUT2D eigenvalue weighted by atomic mass is 16.7. The second-order valence-corrected chi connectivity index (χ2v) is 6.21. The first-order valence-electron chi connectivity index (χ1n) is 8.87. The van der Waals surface area contributed by atoms with E-state index in [2.05, 4.69) is 0 Å². The lowest BCUT2D eigenvalue weighted by atomic mass is 10.0. The molecule has 0 saturated carbocycles. The third-order valence-corrected chi connectivity index (χ3v) is 4.56. The minimum Gasteiger partial charge on any atom is -0.496 e. The molecule has 8 heteroatoms. The van der Waals surface area contributed by atoms with Crippen LogP contribution in [0.1, 0.15) is 22.0 Å². The highest BCUT2D eigenvalue weighted by Gasteiger charge is 2.48. The summed E-state index contributed by atoms with van der Waals surface area (Å²) in [6, 6.07) is 8.65. The van der Waals surface area contributed by atoms with Crippen LogP contribution in [0.5, 0.6) is 28.7 Å². The first-order valence-corrected chi connectivity index (χ1v) is 8.87. The van der Waals surface area contributed by atoms with Gasteiger partial charge in [-0.05, 0) is 17.7 Å². The van der Waals surface area contributed by atoms with Gasteiger partial charge in [-0.15, -0.1) is 0 Å². The smallest absolute Gasteiger partial charge is 0.202 e. The molecular weight excluding hydrogens is 380 g/mol. The van der Waals surface area contributed by atoms with Gasteiger partial charge in [-0.1, -0.05) is 6.07 Å². The lowest BCUT2D eigenvalue weighted by Crippen LogP contribution is -2.13. The van der Waals surface area contributed by atoms with Crippen molar-refractivity contribution in [1.82, 2.24) is 0 Å². The second kappa shape index (κ2) is 9.02. The maximum Gasteiger partial charge on any atom is 0.202 e. The molecule has 0 aromatic heterocycles. The molecule has 0 amide bonds. The Morgan fingerprint density at radius 2 is 1.55 bits per heavy atom. The minimum atomic E-state index is -0.666. The van der Waals surface area contributed by atoms with E-state index in [1.807, 2.05) is 6.07 Å². The number of hydrogen-bond acceptors (Lipinski definition) is 8. The Bertz CT molecular complexity index is 879. The molecule has 2 aromatic rings. The van der Waals surface area contributed by atoms with Crippen LogP contribution in [0.2, 0.25) is 0 Å². The molecule has 3 rings (SSSR count). The molecule has 0 aliphatic carbocycles. The van der Waals surface area contributed by atoms with E-state index in [1.165, 1.54) is 21.3 Å². The number of benzene rings is 2. The first kappa shape index (κ1) is 20.8. The summed E-state index contributed by atoms with van der Waals surface area (Å²) in [4.78, 5) is 13.2. The molecule has 0 bridgehead atoms. The molecule has 2 atom stereocenters. The molecule has 0 N–H and O–H groups in total. The Hall–Kier alpha value is -2.97. The summed E-state index contributed by atoms with van der Waals surface area (Å²) in [5, 5.41) is 0. The molecule has 0 radical (unpaired) electrons. The fourth-order valence-corrected chi connectivity index (χ4v) is 3.06. The average molecular weight is 404 g/mol. The van der Waals surface area contributed by atoms with Crippen molar-refractivity contribution >= 4 is 5.78 Å². The van der Waals surface area contributed by atoms with Crippen molar-refractivity contribution in [2.24, 2.45) is 0 Å². The summed E-state index contributed by atoms with van der Waals surface area (Å²) in [5.74, 6) is 2.05. The number of ether oxygens (including phenoxy) is 7. The zero-order valence-electron chi connectivity index (χ0n) is 17.0. The quantitative estimate of drug-likeness (QED) is 0.339. The molecule has 156 valence electrons. The Balaban J connectivity index is 1.89. The van der Waals surface area contributed by atoms with E-state index < -0.39 is 12.2 Å². The van der Waals surface area contributed by atoms with Crippen molar-refractivity contribution in [3.05, 3.63) is 41.5 Å². The van der Waals surface area contributed by atoms with Gasteiger partial charge < -0.3 is 33.2 Å². The molecule has 0 spiro atoms. The second-order valence-electron chi connectivity index (χ2n) is 6.21. The Morgan fingerprint density at radius 3 is 2.17 bits per heavy atom. The maximum atomic E-state index is 13.2. The van der Waals surface area contributed by atoms with Gasteiger partial charge in [-0.3, -0.25) is 4.79 Å². The van der Waals surface area contributed by atoms with Crippen LogP contribution in [0.3, 0.4) is 0 Å². The average Bonchev–Trinajstić information content (AvgIpc) is 3.56. The van der Waals surface area contributed by atoms with Gasteiger partial charge in [0.2, 0.25) is 5.78 Å².